The summed E-state index contributed by atoms with van der Waals surface area (Å²) in [6.45, 7) is 3.59. The molecule has 0 aromatic heterocycles. The van der Waals surface area contributed by atoms with Gasteiger partial charge in [-0.1, -0.05) is 42.5 Å². The molecule has 0 fully saturated rings. The van der Waals surface area contributed by atoms with E-state index in [1.807, 2.05) is 37.3 Å². The largest absolute Gasteiger partial charge is 0.335 e. The summed E-state index contributed by atoms with van der Waals surface area (Å²) in [5.41, 5.74) is 1.63. The van der Waals surface area contributed by atoms with Gasteiger partial charge in [-0.2, -0.15) is 0 Å². The van der Waals surface area contributed by atoms with Crippen molar-refractivity contribution in [1.82, 2.24) is 4.90 Å². The van der Waals surface area contributed by atoms with Gasteiger partial charge in [0.1, 0.15) is 5.82 Å². The van der Waals surface area contributed by atoms with Gasteiger partial charge < -0.3 is 4.90 Å². The quantitative estimate of drug-likeness (QED) is 0.827. The van der Waals surface area contributed by atoms with Crippen molar-refractivity contribution >= 4 is 5.91 Å². The van der Waals surface area contributed by atoms with Gasteiger partial charge in [0.25, 0.3) is 5.91 Å². The molecule has 2 aromatic carbocycles. The molecular formula is C17H18FNO. The normalized spacial score (nSPS) is 12.0. The molecule has 1 unspecified atom stereocenters. The molecule has 0 heterocycles. The fourth-order valence-electron chi connectivity index (χ4n) is 2.13. The van der Waals surface area contributed by atoms with E-state index in [4.69, 9.17) is 0 Å². The van der Waals surface area contributed by atoms with Crippen LogP contribution in [0.25, 0.3) is 0 Å². The zero-order chi connectivity index (χ0) is 14.7. The molecule has 0 aliphatic carbocycles. The van der Waals surface area contributed by atoms with E-state index in [1.165, 1.54) is 6.07 Å². The van der Waals surface area contributed by atoms with Gasteiger partial charge in [-0.3, -0.25) is 4.79 Å². The second-order valence-corrected chi connectivity index (χ2v) is 4.94. The minimum absolute atomic E-state index is 0.108. The molecular weight excluding hydrogens is 253 g/mol. The van der Waals surface area contributed by atoms with Crippen LogP contribution in [0.5, 0.6) is 0 Å². The highest BCUT2D eigenvalue weighted by Crippen LogP contribution is 2.22. The molecule has 0 radical (unpaired) electrons. The Labute approximate surface area is 118 Å². The lowest BCUT2D eigenvalue weighted by molar-refractivity contribution is 0.0737. The lowest BCUT2D eigenvalue weighted by atomic mass is 10.1. The fraction of sp³-hybridized carbons (Fsp3) is 0.235. The monoisotopic (exact) mass is 271 g/mol. The Morgan fingerprint density at radius 1 is 1.10 bits per heavy atom. The lowest BCUT2D eigenvalue weighted by Crippen LogP contribution is -2.30. The van der Waals surface area contributed by atoms with Crippen LogP contribution in [0.2, 0.25) is 0 Å². The molecule has 0 N–H and O–H groups in total. The van der Waals surface area contributed by atoms with Crippen molar-refractivity contribution in [3.8, 4) is 0 Å². The number of halogens is 1. The van der Waals surface area contributed by atoms with Gasteiger partial charge >= 0.3 is 0 Å². The summed E-state index contributed by atoms with van der Waals surface area (Å²) in [6, 6.07) is 14.5. The first-order valence-corrected chi connectivity index (χ1v) is 6.59. The highest BCUT2D eigenvalue weighted by atomic mass is 19.1. The predicted molar refractivity (Wildman–Crippen MR) is 78.1 cm³/mol. The number of benzene rings is 2. The molecule has 0 aliphatic rings. The predicted octanol–water partition coefficient (Wildman–Crippen LogP) is 3.97. The highest BCUT2D eigenvalue weighted by Gasteiger charge is 2.21. The molecule has 20 heavy (non-hydrogen) atoms. The van der Waals surface area contributed by atoms with Crippen molar-refractivity contribution in [2.75, 3.05) is 7.05 Å². The molecule has 0 aliphatic heterocycles. The van der Waals surface area contributed by atoms with E-state index >= 15 is 0 Å². The summed E-state index contributed by atoms with van der Waals surface area (Å²) < 4.78 is 14.0. The van der Waals surface area contributed by atoms with Gasteiger partial charge in [0, 0.05) is 7.05 Å². The van der Waals surface area contributed by atoms with Crippen molar-refractivity contribution in [3.63, 3.8) is 0 Å². The topological polar surface area (TPSA) is 20.3 Å². The number of carbonyl (C=O) groups is 1. The Bertz CT molecular complexity index is 610. The molecule has 3 heteroatoms. The summed E-state index contributed by atoms with van der Waals surface area (Å²) in [4.78, 5) is 14.0. The Morgan fingerprint density at radius 2 is 1.75 bits per heavy atom. The van der Waals surface area contributed by atoms with Gasteiger partial charge in [0.15, 0.2) is 0 Å². The molecule has 0 spiro atoms. The Balaban J connectivity index is 2.27. The second kappa shape index (κ2) is 5.87. The SMILES string of the molecule is Cc1cccc(C(=O)N(C)C(C)c2ccccc2)c1F. The molecule has 2 aromatic rings. The number of aryl methyl sites for hydroxylation is 1. The van der Waals surface area contributed by atoms with Crippen LogP contribution >= 0.6 is 0 Å². The van der Waals surface area contributed by atoms with Crippen LogP contribution in [0.15, 0.2) is 48.5 Å². The van der Waals surface area contributed by atoms with Crippen molar-refractivity contribution < 1.29 is 9.18 Å². The van der Waals surface area contributed by atoms with Gasteiger partial charge in [-0.25, -0.2) is 4.39 Å². The number of hydrogen-bond acceptors (Lipinski definition) is 1. The number of nitrogens with zero attached hydrogens (tertiary/aromatic N) is 1. The maximum absolute atomic E-state index is 14.0. The average molecular weight is 271 g/mol. The van der Waals surface area contributed by atoms with Gasteiger partial charge in [-0.15, -0.1) is 0 Å². The summed E-state index contributed by atoms with van der Waals surface area (Å²) in [6.07, 6.45) is 0. The zero-order valence-corrected chi connectivity index (χ0v) is 11.9. The van der Waals surface area contributed by atoms with Crippen LogP contribution in [0.1, 0.15) is 34.5 Å². The van der Waals surface area contributed by atoms with Crippen LogP contribution in [0, 0.1) is 12.7 Å². The molecule has 0 saturated heterocycles. The van der Waals surface area contributed by atoms with Gasteiger partial charge in [0.2, 0.25) is 0 Å². The second-order valence-electron chi connectivity index (χ2n) is 4.94. The molecule has 1 amide bonds. The average Bonchev–Trinajstić information content (AvgIpc) is 2.48. The third-order valence-electron chi connectivity index (χ3n) is 3.61. The summed E-state index contributed by atoms with van der Waals surface area (Å²) >= 11 is 0. The minimum Gasteiger partial charge on any atom is -0.335 e. The Morgan fingerprint density at radius 3 is 2.40 bits per heavy atom. The van der Waals surface area contributed by atoms with Crippen molar-refractivity contribution in [1.29, 1.82) is 0 Å². The first-order chi connectivity index (χ1) is 9.52. The van der Waals surface area contributed by atoms with E-state index in [0.717, 1.165) is 5.56 Å². The Kier molecular flexibility index (Phi) is 4.18. The third kappa shape index (κ3) is 2.72. The molecule has 0 bridgehead atoms. The van der Waals surface area contributed by atoms with Crippen LogP contribution in [-0.2, 0) is 0 Å². The number of carbonyl (C=O) groups excluding carboxylic acids is 1. The van der Waals surface area contributed by atoms with Gasteiger partial charge in [-0.05, 0) is 31.0 Å². The molecule has 104 valence electrons. The van der Waals surface area contributed by atoms with E-state index in [9.17, 15) is 9.18 Å². The molecule has 2 nitrogen and oxygen atoms in total. The van der Waals surface area contributed by atoms with Crippen molar-refractivity contribution in [3.05, 3.63) is 71.0 Å². The van der Waals surface area contributed by atoms with E-state index in [2.05, 4.69) is 0 Å². The standard InChI is InChI=1S/C17H18FNO/c1-12-8-7-11-15(16(12)18)17(20)19(3)13(2)14-9-5-4-6-10-14/h4-11,13H,1-3H3. The number of rotatable bonds is 3. The van der Waals surface area contributed by atoms with Crippen LogP contribution in [0.4, 0.5) is 4.39 Å². The minimum atomic E-state index is -0.440. The maximum Gasteiger partial charge on any atom is 0.257 e. The van der Waals surface area contributed by atoms with Crippen molar-refractivity contribution in [2.24, 2.45) is 0 Å². The lowest BCUT2D eigenvalue weighted by Gasteiger charge is -2.25. The van der Waals surface area contributed by atoms with Crippen molar-refractivity contribution in [2.45, 2.75) is 19.9 Å². The summed E-state index contributed by atoms with van der Waals surface area (Å²) in [5.74, 6) is -0.743. The number of amides is 1. The first-order valence-electron chi connectivity index (χ1n) is 6.59. The zero-order valence-electron chi connectivity index (χ0n) is 11.9. The summed E-state index contributed by atoms with van der Waals surface area (Å²) in [5, 5.41) is 0. The highest BCUT2D eigenvalue weighted by molar-refractivity contribution is 5.94. The molecule has 2 rings (SSSR count). The van der Waals surface area contributed by atoms with Crippen LogP contribution in [0.3, 0.4) is 0 Å². The number of hydrogen-bond donors (Lipinski definition) is 0. The smallest absolute Gasteiger partial charge is 0.257 e. The fourth-order valence-corrected chi connectivity index (χ4v) is 2.13. The van der Waals surface area contributed by atoms with Gasteiger partial charge in [0.05, 0.1) is 11.6 Å². The van der Waals surface area contributed by atoms with E-state index in [-0.39, 0.29) is 17.5 Å². The third-order valence-corrected chi connectivity index (χ3v) is 3.61. The Hall–Kier alpha value is -2.16. The van der Waals surface area contributed by atoms with Crippen LogP contribution < -0.4 is 0 Å². The maximum atomic E-state index is 14.0. The van der Waals surface area contributed by atoms with E-state index in [1.54, 1.807) is 31.0 Å². The van der Waals surface area contributed by atoms with Crippen LogP contribution in [-0.4, -0.2) is 17.9 Å². The van der Waals surface area contributed by atoms with E-state index < -0.39 is 5.82 Å². The summed E-state index contributed by atoms with van der Waals surface area (Å²) in [7, 11) is 1.70. The molecule has 0 saturated carbocycles. The first kappa shape index (κ1) is 14.3. The van der Waals surface area contributed by atoms with E-state index in [0.29, 0.717) is 5.56 Å². The molecule has 1 atom stereocenters.